The van der Waals surface area contributed by atoms with Gasteiger partial charge in [0, 0.05) is 17.0 Å². The molecule has 2 aliphatic rings. The Labute approximate surface area is 128 Å². The van der Waals surface area contributed by atoms with Crippen LogP contribution in [0.3, 0.4) is 0 Å². The molecule has 7 heteroatoms. The lowest BCUT2D eigenvalue weighted by atomic mass is 10.0. The van der Waals surface area contributed by atoms with E-state index in [0.717, 1.165) is 18.4 Å². The molecule has 0 aromatic heterocycles. The lowest BCUT2D eigenvalue weighted by Gasteiger charge is -2.22. The number of sulfonamides is 1. The highest BCUT2D eigenvalue weighted by atomic mass is 35.5. The van der Waals surface area contributed by atoms with Crippen molar-refractivity contribution in [1.82, 2.24) is 4.72 Å². The number of halogens is 1. The summed E-state index contributed by atoms with van der Waals surface area (Å²) in [6.07, 6.45) is 3.40. The van der Waals surface area contributed by atoms with Crippen LogP contribution < -0.4 is 9.46 Å². The first-order chi connectivity index (χ1) is 9.96. The minimum atomic E-state index is -3.84. The van der Waals surface area contributed by atoms with Crippen molar-refractivity contribution in [2.45, 2.75) is 42.5 Å². The Balaban J connectivity index is 2.02. The lowest BCUT2D eigenvalue weighted by molar-refractivity contribution is 0.348. The van der Waals surface area contributed by atoms with E-state index in [2.05, 4.69) is 10.8 Å². The maximum Gasteiger partial charge on any atom is 0.245 e. The second kappa shape index (κ2) is 5.16. The molecule has 0 spiro atoms. The molecule has 0 unspecified atom stereocenters. The molecule has 3 rings (SSSR count). The fraction of sp³-hybridized carbons (Fsp3) is 0.500. The summed E-state index contributed by atoms with van der Waals surface area (Å²) in [5.74, 6) is 0.359. The monoisotopic (exact) mass is 326 g/mol. The summed E-state index contributed by atoms with van der Waals surface area (Å²) in [5.41, 5.74) is -0.215. The van der Waals surface area contributed by atoms with Gasteiger partial charge in [-0.15, -0.1) is 0 Å². The maximum atomic E-state index is 12.7. The smallest absolute Gasteiger partial charge is 0.245 e. The zero-order valence-electron chi connectivity index (χ0n) is 11.4. The van der Waals surface area contributed by atoms with Gasteiger partial charge >= 0.3 is 0 Å². The predicted molar refractivity (Wildman–Crippen MR) is 77.8 cm³/mol. The first kappa shape index (κ1) is 14.6. The highest BCUT2D eigenvalue weighted by molar-refractivity contribution is 7.89. The number of rotatable bonds is 3. The van der Waals surface area contributed by atoms with Crippen molar-refractivity contribution in [2.75, 3.05) is 6.61 Å². The summed E-state index contributed by atoms with van der Waals surface area (Å²) in [6.45, 7) is 0.446. The number of hydrogen-bond acceptors (Lipinski definition) is 4. The highest BCUT2D eigenvalue weighted by Crippen LogP contribution is 2.37. The molecule has 1 aliphatic heterocycles. The van der Waals surface area contributed by atoms with Gasteiger partial charge in [-0.05, 0) is 25.0 Å². The summed E-state index contributed by atoms with van der Waals surface area (Å²) in [5, 5.41) is 9.70. The summed E-state index contributed by atoms with van der Waals surface area (Å²) < 4.78 is 33.3. The van der Waals surface area contributed by atoms with Gasteiger partial charge in [0.25, 0.3) is 0 Å². The number of fused-ring (bicyclic) bond motifs is 1. The number of ether oxygens (including phenoxy) is 1. The maximum absolute atomic E-state index is 12.7. The average Bonchev–Trinajstić information content (AvgIpc) is 3.06. The fourth-order valence-electron chi connectivity index (χ4n) is 2.96. The molecule has 1 fully saturated rings. The standard InChI is InChI=1S/C14H15ClN2O3S/c15-11-7-10-3-6-20-13(10)12(8-11)21(18,19)17-14(9-16)4-1-2-5-14/h7-8,17H,1-6H2. The number of nitriles is 1. The van der Waals surface area contributed by atoms with Gasteiger partial charge in [0.05, 0.1) is 12.7 Å². The van der Waals surface area contributed by atoms with Crippen LogP contribution >= 0.6 is 11.6 Å². The first-order valence-electron chi connectivity index (χ1n) is 6.86. The summed E-state index contributed by atoms with van der Waals surface area (Å²) in [7, 11) is -3.84. The third kappa shape index (κ3) is 2.61. The second-order valence-electron chi connectivity index (χ2n) is 5.50. The first-order valence-corrected chi connectivity index (χ1v) is 8.72. The van der Waals surface area contributed by atoms with E-state index in [0.29, 0.717) is 36.6 Å². The molecule has 0 atom stereocenters. The molecule has 1 aromatic rings. The summed E-state index contributed by atoms with van der Waals surface area (Å²) in [6, 6.07) is 5.23. The van der Waals surface area contributed by atoms with Crippen molar-refractivity contribution >= 4 is 21.6 Å². The van der Waals surface area contributed by atoms with E-state index in [1.807, 2.05) is 0 Å². The Kier molecular flexibility index (Phi) is 3.60. The minimum Gasteiger partial charge on any atom is -0.492 e. The van der Waals surface area contributed by atoms with E-state index >= 15 is 0 Å². The van der Waals surface area contributed by atoms with E-state index < -0.39 is 15.6 Å². The summed E-state index contributed by atoms with van der Waals surface area (Å²) in [4.78, 5) is 0.0315. The third-order valence-electron chi connectivity index (χ3n) is 4.00. The van der Waals surface area contributed by atoms with Crippen molar-refractivity contribution in [2.24, 2.45) is 0 Å². The molecule has 1 aliphatic carbocycles. The zero-order valence-corrected chi connectivity index (χ0v) is 12.9. The van der Waals surface area contributed by atoms with Gasteiger partial charge in [-0.25, -0.2) is 8.42 Å². The van der Waals surface area contributed by atoms with Gasteiger partial charge in [0.15, 0.2) is 0 Å². The topological polar surface area (TPSA) is 79.2 Å². The molecule has 21 heavy (non-hydrogen) atoms. The second-order valence-corrected chi connectivity index (χ2v) is 7.58. The van der Waals surface area contributed by atoms with E-state index in [9.17, 15) is 13.7 Å². The molecule has 5 nitrogen and oxygen atoms in total. The molecule has 0 radical (unpaired) electrons. The number of benzene rings is 1. The van der Waals surface area contributed by atoms with Gasteiger partial charge in [0.2, 0.25) is 10.0 Å². The van der Waals surface area contributed by atoms with Crippen molar-refractivity contribution in [3.8, 4) is 11.8 Å². The third-order valence-corrected chi connectivity index (χ3v) is 5.76. The Bertz CT molecular complexity index is 718. The molecule has 112 valence electrons. The molecular formula is C14H15ClN2O3S. The van der Waals surface area contributed by atoms with Crippen LogP contribution in [0, 0.1) is 11.3 Å². The lowest BCUT2D eigenvalue weighted by Crippen LogP contribution is -2.45. The van der Waals surface area contributed by atoms with Gasteiger partial charge in [-0.3, -0.25) is 0 Å². The molecule has 1 N–H and O–H groups in total. The average molecular weight is 327 g/mol. The molecule has 0 amide bonds. The van der Waals surface area contributed by atoms with E-state index in [-0.39, 0.29) is 4.90 Å². The molecular weight excluding hydrogens is 312 g/mol. The normalized spacial score (nSPS) is 19.8. The van der Waals surface area contributed by atoms with Crippen LogP contribution in [0.2, 0.25) is 5.02 Å². The van der Waals surface area contributed by atoms with E-state index in [1.165, 1.54) is 6.07 Å². The van der Waals surface area contributed by atoms with Crippen LogP contribution in [0.1, 0.15) is 31.2 Å². The molecule has 0 bridgehead atoms. The van der Waals surface area contributed by atoms with Crippen LogP contribution in [-0.4, -0.2) is 20.6 Å². The highest BCUT2D eigenvalue weighted by Gasteiger charge is 2.39. The largest absolute Gasteiger partial charge is 0.492 e. The van der Waals surface area contributed by atoms with Gasteiger partial charge in [-0.2, -0.15) is 9.98 Å². The molecule has 1 heterocycles. The van der Waals surface area contributed by atoms with Gasteiger partial charge < -0.3 is 4.74 Å². The van der Waals surface area contributed by atoms with Crippen LogP contribution in [0.4, 0.5) is 0 Å². The van der Waals surface area contributed by atoms with Gasteiger partial charge in [0.1, 0.15) is 16.2 Å². The Morgan fingerprint density at radius 2 is 2.05 bits per heavy atom. The van der Waals surface area contributed by atoms with Crippen molar-refractivity contribution in [3.05, 3.63) is 22.7 Å². The summed E-state index contributed by atoms with van der Waals surface area (Å²) >= 11 is 6.01. The fourth-order valence-corrected chi connectivity index (χ4v) is 4.86. The quantitative estimate of drug-likeness (QED) is 0.925. The van der Waals surface area contributed by atoms with E-state index in [4.69, 9.17) is 16.3 Å². The molecule has 1 aromatic carbocycles. The van der Waals surface area contributed by atoms with Crippen LogP contribution in [0.25, 0.3) is 0 Å². The van der Waals surface area contributed by atoms with E-state index in [1.54, 1.807) is 6.07 Å². The predicted octanol–water partition coefficient (Wildman–Crippen LogP) is 2.39. The van der Waals surface area contributed by atoms with Crippen molar-refractivity contribution < 1.29 is 13.2 Å². The number of nitrogens with zero attached hydrogens (tertiary/aromatic N) is 1. The van der Waals surface area contributed by atoms with Crippen molar-refractivity contribution in [1.29, 1.82) is 5.26 Å². The zero-order chi connectivity index (χ0) is 15.1. The molecule has 1 saturated carbocycles. The molecule has 0 saturated heterocycles. The Morgan fingerprint density at radius 3 is 2.71 bits per heavy atom. The van der Waals surface area contributed by atoms with Crippen molar-refractivity contribution in [3.63, 3.8) is 0 Å². The SMILES string of the molecule is N#CC1(NS(=O)(=O)c2cc(Cl)cc3c2OCC3)CCCC1. The van der Waals surface area contributed by atoms with Gasteiger partial charge in [-0.1, -0.05) is 24.4 Å². The number of nitrogens with one attached hydrogen (secondary N) is 1. The number of hydrogen-bond donors (Lipinski definition) is 1. The van der Waals surface area contributed by atoms with Crippen LogP contribution in [0.15, 0.2) is 17.0 Å². The van der Waals surface area contributed by atoms with Crippen LogP contribution in [-0.2, 0) is 16.4 Å². The Morgan fingerprint density at radius 1 is 1.33 bits per heavy atom. The Hall–Kier alpha value is -1.29. The van der Waals surface area contributed by atoms with Crippen LogP contribution in [0.5, 0.6) is 5.75 Å². The minimum absolute atomic E-state index is 0.0315.